The van der Waals surface area contributed by atoms with Crippen LogP contribution in [0.2, 0.25) is 0 Å². The van der Waals surface area contributed by atoms with Crippen LogP contribution in [0.1, 0.15) is 36.6 Å². The molecule has 1 saturated heterocycles. The maximum Gasteiger partial charge on any atom is 0.251 e. The number of H-pyrrole nitrogens is 1. The Labute approximate surface area is 146 Å². The van der Waals surface area contributed by atoms with Gasteiger partial charge in [0.1, 0.15) is 11.9 Å². The highest BCUT2D eigenvalue weighted by atomic mass is 32.2. The second-order valence-corrected chi connectivity index (χ2v) is 7.53. The van der Waals surface area contributed by atoms with Gasteiger partial charge < -0.3 is 15.0 Å². The third-order valence-electron chi connectivity index (χ3n) is 4.73. The summed E-state index contributed by atoms with van der Waals surface area (Å²) < 4.78 is 0. The molecule has 24 heavy (non-hydrogen) atoms. The summed E-state index contributed by atoms with van der Waals surface area (Å²) in [6.45, 7) is 3.46. The van der Waals surface area contributed by atoms with Crippen LogP contribution in [0.15, 0.2) is 18.2 Å². The van der Waals surface area contributed by atoms with Crippen LogP contribution in [0.4, 0.5) is 0 Å². The van der Waals surface area contributed by atoms with Crippen LogP contribution in [0.5, 0.6) is 0 Å². The molecule has 5 nitrogen and oxygen atoms in total. The van der Waals surface area contributed by atoms with Gasteiger partial charge in [-0.25, -0.2) is 4.98 Å². The molecule has 130 valence electrons. The van der Waals surface area contributed by atoms with E-state index in [4.69, 9.17) is 4.98 Å². The number of rotatable bonds is 5. The number of aromatic nitrogens is 2. The Morgan fingerprint density at radius 3 is 2.92 bits per heavy atom. The summed E-state index contributed by atoms with van der Waals surface area (Å²) in [6, 6.07) is 6.24. The lowest BCUT2D eigenvalue weighted by Crippen LogP contribution is -2.43. The van der Waals surface area contributed by atoms with Crippen LogP contribution in [-0.4, -0.2) is 57.1 Å². The highest BCUT2D eigenvalue weighted by molar-refractivity contribution is 7.98. The number of likely N-dealkylation sites (tertiary alicyclic amines) is 1. The van der Waals surface area contributed by atoms with Gasteiger partial charge in [0.25, 0.3) is 5.91 Å². The number of fused-ring (bicyclic) bond motifs is 1. The Balaban J connectivity index is 1.60. The molecule has 1 aliphatic rings. The third kappa shape index (κ3) is 3.75. The molecule has 0 saturated carbocycles. The zero-order chi connectivity index (χ0) is 17.1. The summed E-state index contributed by atoms with van der Waals surface area (Å²) in [7, 11) is 0. The van der Waals surface area contributed by atoms with Gasteiger partial charge in [-0.1, -0.05) is 6.07 Å². The van der Waals surface area contributed by atoms with Gasteiger partial charge in [-0.15, -0.1) is 0 Å². The summed E-state index contributed by atoms with van der Waals surface area (Å²) in [6.07, 6.45) is 3.43. The lowest BCUT2D eigenvalue weighted by Gasteiger charge is -2.32. The summed E-state index contributed by atoms with van der Waals surface area (Å²) in [5.41, 5.74) is 3.30. The molecule has 0 spiro atoms. The predicted molar refractivity (Wildman–Crippen MR) is 98.4 cm³/mol. The third-order valence-corrected chi connectivity index (χ3v) is 5.37. The summed E-state index contributed by atoms with van der Waals surface area (Å²) in [5.74, 6) is 2.06. The van der Waals surface area contributed by atoms with Crippen LogP contribution >= 0.6 is 11.8 Å². The van der Waals surface area contributed by atoms with E-state index in [2.05, 4.69) is 24.0 Å². The van der Waals surface area contributed by atoms with Crippen molar-refractivity contribution in [2.45, 2.75) is 38.2 Å². The van der Waals surface area contributed by atoms with E-state index in [1.807, 2.05) is 12.3 Å². The van der Waals surface area contributed by atoms with Gasteiger partial charge in [0.15, 0.2) is 0 Å². The minimum atomic E-state index is -0.858. The van der Waals surface area contributed by atoms with Gasteiger partial charge in [0.2, 0.25) is 0 Å². The molecule has 2 aromatic rings. The van der Waals surface area contributed by atoms with Gasteiger partial charge in [-0.3, -0.25) is 4.79 Å². The lowest BCUT2D eigenvalue weighted by atomic mass is 9.95. The van der Waals surface area contributed by atoms with Crippen molar-refractivity contribution < 1.29 is 9.90 Å². The standard InChI is InChI=1S/C18H25N3O2S/c1-12-3-4-14-15(11-12)20-17(19-14)13-5-8-21(9-6-13)18(23)16(22)7-10-24-2/h3-4,11,13,16,22H,5-10H2,1-2H3,(H,19,20)/t16-/m1/s1. The number of thioether (sulfide) groups is 1. The molecule has 0 unspecified atom stereocenters. The molecule has 1 fully saturated rings. The Hall–Kier alpha value is -1.53. The topological polar surface area (TPSA) is 69.2 Å². The number of aliphatic hydroxyl groups is 1. The molecule has 1 aromatic carbocycles. The van der Waals surface area contributed by atoms with Gasteiger partial charge >= 0.3 is 0 Å². The Bertz CT molecular complexity index is 707. The number of imidazole rings is 1. The fourth-order valence-electron chi connectivity index (χ4n) is 3.27. The molecular formula is C18H25N3O2S. The number of nitrogens with zero attached hydrogens (tertiary/aromatic N) is 2. The molecule has 1 atom stereocenters. The smallest absolute Gasteiger partial charge is 0.251 e. The number of nitrogens with one attached hydrogen (secondary N) is 1. The Morgan fingerprint density at radius 1 is 1.46 bits per heavy atom. The average molecular weight is 347 g/mol. The van der Waals surface area contributed by atoms with Crippen LogP contribution in [0.3, 0.4) is 0 Å². The maximum absolute atomic E-state index is 12.3. The van der Waals surface area contributed by atoms with E-state index < -0.39 is 6.10 Å². The number of benzene rings is 1. The summed E-state index contributed by atoms with van der Waals surface area (Å²) in [5, 5.41) is 9.98. The maximum atomic E-state index is 12.3. The number of amides is 1. The first-order valence-electron chi connectivity index (χ1n) is 8.50. The van der Waals surface area contributed by atoms with Crippen molar-refractivity contribution in [1.82, 2.24) is 14.9 Å². The first-order valence-corrected chi connectivity index (χ1v) is 9.90. The summed E-state index contributed by atoms with van der Waals surface area (Å²) >= 11 is 1.65. The Morgan fingerprint density at radius 2 is 2.21 bits per heavy atom. The number of aliphatic hydroxyl groups excluding tert-OH is 1. The zero-order valence-electron chi connectivity index (χ0n) is 14.3. The first-order chi connectivity index (χ1) is 11.6. The van der Waals surface area contributed by atoms with Gasteiger partial charge in [-0.05, 0) is 55.9 Å². The quantitative estimate of drug-likeness (QED) is 0.872. The van der Waals surface area contributed by atoms with E-state index in [1.54, 1.807) is 16.7 Å². The largest absolute Gasteiger partial charge is 0.383 e. The van der Waals surface area contributed by atoms with Gasteiger partial charge in [0.05, 0.1) is 11.0 Å². The molecule has 3 rings (SSSR count). The SMILES string of the molecule is CSCC[C@@H](O)C(=O)N1CCC(c2nc3ccc(C)cc3[nH]2)CC1. The molecule has 1 amide bonds. The monoisotopic (exact) mass is 347 g/mol. The molecule has 0 aliphatic carbocycles. The molecule has 1 aliphatic heterocycles. The van der Waals surface area contributed by atoms with Crippen molar-refractivity contribution in [3.05, 3.63) is 29.6 Å². The number of hydrogen-bond donors (Lipinski definition) is 2. The van der Waals surface area contributed by atoms with Gasteiger partial charge in [0, 0.05) is 19.0 Å². The highest BCUT2D eigenvalue weighted by Gasteiger charge is 2.28. The van der Waals surface area contributed by atoms with E-state index in [-0.39, 0.29) is 5.91 Å². The van der Waals surface area contributed by atoms with Crippen molar-refractivity contribution in [3.63, 3.8) is 0 Å². The number of carbonyl (C=O) groups is 1. The first kappa shape index (κ1) is 17.3. The zero-order valence-corrected chi connectivity index (χ0v) is 15.1. The molecule has 1 aromatic heterocycles. The average Bonchev–Trinajstić information content (AvgIpc) is 3.02. The number of aromatic amines is 1. The predicted octanol–water partition coefficient (Wildman–Crippen LogP) is 2.69. The lowest BCUT2D eigenvalue weighted by molar-refractivity contribution is -0.141. The van der Waals surface area contributed by atoms with Crippen LogP contribution in [-0.2, 0) is 4.79 Å². The molecular weight excluding hydrogens is 322 g/mol. The minimum absolute atomic E-state index is 0.122. The molecule has 0 bridgehead atoms. The van der Waals surface area contributed by atoms with E-state index in [0.29, 0.717) is 25.4 Å². The number of aryl methyl sites for hydroxylation is 1. The van der Waals surface area contributed by atoms with Crippen LogP contribution in [0, 0.1) is 6.92 Å². The molecule has 2 heterocycles. The van der Waals surface area contributed by atoms with Crippen molar-refractivity contribution in [2.24, 2.45) is 0 Å². The Kier molecular flexibility index (Phi) is 5.46. The molecule has 2 N–H and O–H groups in total. The highest BCUT2D eigenvalue weighted by Crippen LogP contribution is 2.28. The normalized spacial score (nSPS) is 17.4. The van der Waals surface area contributed by atoms with E-state index in [1.165, 1.54) is 5.56 Å². The van der Waals surface area contributed by atoms with Crippen molar-refractivity contribution >= 4 is 28.7 Å². The second kappa shape index (κ2) is 7.57. The van der Waals surface area contributed by atoms with Crippen molar-refractivity contribution in [2.75, 3.05) is 25.1 Å². The fraction of sp³-hybridized carbons (Fsp3) is 0.556. The van der Waals surface area contributed by atoms with Gasteiger partial charge in [-0.2, -0.15) is 11.8 Å². The number of carbonyl (C=O) groups excluding carboxylic acids is 1. The van der Waals surface area contributed by atoms with E-state index in [0.717, 1.165) is 35.5 Å². The second-order valence-electron chi connectivity index (χ2n) is 6.54. The number of hydrogen-bond acceptors (Lipinski definition) is 4. The van der Waals surface area contributed by atoms with Crippen molar-refractivity contribution in [3.8, 4) is 0 Å². The van der Waals surface area contributed by atoms with E-state index in [9.17, 15) is 9.90 Å². The summed E-state index contributed by atoms with van der Waals surface area (Å²) in [4.78, 5) is 22.2. The molecule has 6 heteroatoms. The van der Waals surface area contributed by atoms with Crippen LogP contribution < -0.4 is 0 Å². The minimum Gasteiger partial charge on any atom is -0.383 e. The van der Waals surface area contributed by atoms with Crippen LogP contribution in [0.25, 0.3) is 11.0 Å². The number of piperidine rings is 1. The van der Waals surface area contributed by atoms with E-state index >= 15 is 0 Å². The molecule has 0 radical (unpaired) electrons. The van der Waals surface area contributed by atoms with Crippen molar-refractivity contribution in [1.29, 1.82) is 0 Å². The fourth-order valence-corrected chi connectivity index (χ4v) is 3.73.